The van der Waals surface area contributed by atoms with Crippen molar-refractivity contribution in [3.63, 3.8) is 0 Å². The molecule has 0 fully saturated rings. The van der Waals surface area contributed by atoms with Gasteiger partial charge in [-0.2, -0.15) is 0 Å². The van der Waals surface area contributed by atoms with Crippen molar-refractivity contribution in [1.29, 1.82) is 0 Å². The molecule has 0 saturated heterocycles. The summed E-state index contributed by atoms with van der Waals surface area (Å²) in [6.07, 6.45) is -0.578. The van der Waals surface area contributed by atoms with Gasteiger partial charge in [0, 0.05) is 18.2 Å². The second kappa shape index (κ2) is 3.49. The molecule has 0 heterocycles. The summed E-state index contributed by atoms with van der Waals surface area (Å²) in [6.45, 7) is 1.57. The van der Waals surface area contributed by atoms with E-state index in [1.54, 1.807) is 6.92 Å². The van der Waals surface area contributed by atoms with Crippen molar-refractivity contribution in [2.75, 3.05) is 0 Å². The van der Waals surface area contributed by atoms with Crippen LogP contribution in [0.3, 0.4) is 0 Å². The third-order valence-corrected chi connectivity index (χ3v) is 1.16. The molecule has 1 aromatic rings. The van der Waals surface area contributed by atoms with Crippen LogP contribution < -0.4 is 10.5 Å². The molecule has 1 aromatic carbocycles. The predicted molar refractivity (Wildman–Crippen MR) is 40.6 cm³/mol. The lowest BCUT2D eigenvalue weighted by Crippen LogP contribution is -2.22. The van der Waals surface area contributed by atoms with E-state index in [2.05, 4.69) is 0 Å². The Labute approximate surface area is 68.9 Å². The molecule has 1 rings (SSSR count). The van der Waals surface area contributed by atoms with Crippen molar-refractivity contribution in [1.82, 2.24) is 0 Å². The summed E-state index contributed by atoms with van der Waals surface area (Å²) < 4.78 is 29.9. The maximum Gasteiger partial charge on any atom is 0.144 e. The second-order valence-corrected chi connectivity index (χ2v) is 2.43. The third-order valence-electron chi connectivity index (χ3n) is 1.16. The van der Waals surface area contributed by atoms with Gasteiger partial charge in [-0.25, -0.2) is 8.78 Å². The Morgan fingerprint density at radius 1 is 1.25 bits per heavy atom. The van der Waals surface area contributed by atoms with E-state index in [0.717, 1.165) is 18.2 Å². The molecule has 0 amide bonds. The summed E-state index contributed by atoms with van der Waals surface area (Å²) in [6, 6.07) is 2.92. The van der Waals surface area contributed by atoms with Gasteiger partial charge in [-0.3, -0.25) is 5.73 Å². The number of ether oxygens (including phenoxy) is 1. The van der Waals surface area contributed by atoms with E-state index in [1.807, 2.05) is 0 Å². The Morgan fingerprint density at radius 3 is 2.17 bits per heavy atom. The Kier molecular flexibility index (Phi) is 2.60. The monoisotopic (exact) mass is 173 g/mol. The highest BCUT2D eigenvalue weighted by Gasteiger charge is 2.02. The van der Waals surface area contributed by atoms with Crippen LogP contribution in [-0.2, 0) is 0 Å². The van der Waals surface area contributed by atoms with Crippen molar-refractivity contribution in [2.45, 2.75) is 13.2 Å². The summed E-state index contributed by atoms with van der Waals surface area (Å²) in [5, 5.41) is 0. The fourth-order valence-electron chi connectivity index (χ4n) is 0.811. The summed E-state index contributed by atoms with van der Waals surface area (Å²) in [7, 11) is 0. The molecule has 4 heteroatoms. The molecule has 0 aromatic heterocycles. The summed E-state index contributed by atoms with van der Waals surface area (Å²) >= 11 is 0. The molecule has 1 unspecified atom stereocenters. The van der Waals surface area contributed by atoms with Gasteiger partial charge in [-0.1, -0.05) is 0 Å². The van der Waals surface area contributed by atoms with Crippen LogP contribution in [0.5, 0.6) is 5.75 Å². The molecule has 2 N–H and O–H groups in total. The highest BCUT2D eigenvalue weighted by Crippen LogP contribution is 2.15. The first-order chi connectivity index (χ1) is 5.58. The van der Waals surface area contributed by atoms with Crippen LogP contribution in [-0.4, -0.2) is 6.23 Å². The first-order valence-corrected chi connectivity index (χ1v) is 3.46. The number of nitrogens with two attached hydrogens (primary N) is 1. The predicted octanol–water partition coefficient (Wildman–Crippen LogP) is 1.65. The molecular formula is C8H9F2NO. The van der Waals surface area contributed by atoms with Gasteiger partial charge in [-0.05, 0) is 6.92 Å². The fourth-order valence-corrected chi connectivity index (χ4v) is 0.811. The smallest absolute Gasteiger partial charge is 0.144 e. The van der Waals surface area contributed by atoms with Gasteiger partial charge in [0.15, 0.2) is 0 Å². The van der Waals surface area contributed by atoms with E-state index in [4.69, 9.17) is 10.5 Å². The highest BCUT2D eigenvalue weighted by atomic mass is 19.1. The quantitative estimate of drug-likeness (QED) is 0.690. The number of rotatable bonds is 2. The summed E-state index contributed by atoms with van der Waals surface area (Å²) in [4.78, 5) is 0. The molecule has 0 aliphatic carbocycles. The Bertz CT molecular complexity index is 256. The van der Waals surface area contributed by atoms with Crippen LogP contribution in [0.25, 0.3) is 0 Å². The van der Waals surface area contributed by atoms with E-state index in [0.29, 0.717) is 0 Å². The molecule has 0 aliphatic rings. The summed E-state index contributed by atoms with van der Waals surface area (Å²) in [5.41, 5.74) is 5.26. The SMILES string of the molecule is CC(N)Oc1cc(F)cc(F)c1. The van der Waals surface area contributed by atoms with Gasteiger partial charge in [0.25, 0.3) is 0 Å². The second-order valence-electron chi connectivity index (χ2n) is 2.43. The van der Waals surface area contributed by atoms with Gasteiger partial charge in [0.2, 0.25) is 0 Å². The normalized spacial score (nSPS) is 12.7. The Hall–Kier alpha value is -1.16. The van der Waals surface area contributed by atoms with Crippen LogP contribution in [0.1, 0.15) is 6.92 Å². The largest absolute Gasteiger partial charge is 0.476 e. The van der Waals surface area contributed by atoms with Crippen LogP contribution in [0.15, 0.2) is 18.2 Å². The first kappa shape index (κ1) is 8.93. The van der Waals surface area contributed by atoms with E-state index in [9.17, 15) is 8.78 Å². The van der Waals surface area contributed by atoms with Crippen LogP contribution >= 0.6 is 0 Å². The molecule has 0 saturated carbocycles. The van der Waals surface area contributed by atoms with E-state index in [-0.39, 0.29) is 5.75 Å². The molecule has 2 nitrogen and oxygen atoms in total. The lowest BCUT2D eigenvalue weighted by atomic mass is 10.3. The lowest BCUT2D eigenvalue weighted by molar-refractivity contribution is 0.228. The molecular weight excluding hydrogens is 164 g/mol. The third kappa shape index (κ3) is 2.47. The van der Waals surface area contributed by atoms with Gasteiger partial charge >= 0.3 is 0 Å². The zero-order valence-electron chi connectivity index (χ0n) is 6.55. The highest BCUT2D eigenvalue weighted by molar-refractivity contribution is 5.23. The van der Waals surface area contributed by atoms with Crippen molar-refractivity contribution in [3.05, 3.63) is 29.8 Å². The molecule has 12 heavy (non-hydrogen) atoms. The van der Waals surface area contributed by atoms with Crippen molar-refractivity contribution >= 4 is 0 Å². The van der Waals surface area contributed by atoms with Crippen molar-refractivity contribution < 1.29 is 13.5 Å². The molecule has 1 atom stereocenters. The summed E-state index contributed by atoms with van der Waals surface area (Å²) in [5.74, 6) is -1.25. The standard InChI is InChI=1S/C8H9F2NO/c1-5(11)12-8-3-6(9)2-7(10)4-8/h2-5H,11H2,1H3. The molecule has 0 aliphatic heterocycles. The van der Waals surface area contributed by atoms with Crippen LogP contribution in [0.2, 0.25) is 0 Å². The molecule has 0 spiro atoms. The van der Waals surface area contributed by atoms with Gasteiger partial charge in [-0.15, -0.1) is 0 Å². The van der Waals surface area contributed by atoms with Gasteiger partial charge in [0.1, 0.15) is 23.6 Å². The zero-order chi connectivity index (χ0) is 9.14. The molecule has 0 bridgehead atoms. The minimum atomic E-state index is -0.675. The minimum Gasteiger partial charge on any atom is -0.476 e. The van der Waals surface area contributed by atoms with E-state index >= 15 is 0 Å². The topological polar surface area (TPSA) is 35.2 Å². The molecule has 0 radical (unpaired) electrons. The van der Waals surface area contributed by atoms with E-state index in [1.165, 1.54) is 0 Å². The van der Waals surface area contributed by atoms with Crippen LogP contribution in [0.4, 0.5) is 8.78 Å². The maximum atomic E-state index is 12.5. The Morgan fingerprint density at radius 2 is 1.75 bits per heavy atom. The van der Waals surface area contributed by atoms with E-state index < -0.39 is 17.9 Å². The molecule has 66 valence electrons. The Balaban J connectivity index is 2.85. The van der Waals surface area contributed by atoms with Gasteiger partial charge in [0.05, 0.1) is 0 Å². The fraction of sp³-hybridized carbons (Fsp3) is 0.250. The number of hydrogen-bond acceptors (Lipinski definition) is 2. The maximum absolute atomic E-state index is 12.5. The van der Waals surface area contributed by atoms with Crippen molar-refractivity contribution in [2.24, 2.45) is 5.73 Å². The average molecular weight is 173 g/mol. The van der Waals surface area contributed by atoms with Gasteiger partial charge < -0.3 is 4.74 Å². The zero-order valence-corrected chi connectivity index (χ0v) is 6.55. The number of halogens is 2. The minimum absolute atomic E-state index is 0.0995. The first-order valence-electron chi connectivity index (χ1n) is 3.46. The number of hydrogen-bond donors (Lipinski definition) is 1. The average Bonchev–Trinajstić information content (AvgIpc) is 1.81. The van der Waals surface area contributed by atoms with Crippen LogP contribution in [0, 0.1) is 11.6 Å². The van der Waals surface area contributed by atoms with Crippen molar-refractivity contribution in [3.8, 4) is 5.75 Å². The lowest BCUT2D eigenvalue weighted by Gasteiger charge is -2.08. The number of benzene rings is 1.